The van der Waals surface area contributed by atoms with E-state index in [1.54, 1.807) is 32.2 Å². The van der Waals surface area contributed by atoms with Gasteiger partial charge >= 0.3 is 0 Å². The van der Waals surface area contributed by atoms with Gasteiger partial charge in [0.1, 0.15) is 11.5 Å². The monoisotopic (exact) mass is 377 g/mol. The zero-order chi connectivity index (χ0) is 17.0. The molecule has 0 bridgehead atoms. The number of ether oxygens (including phenoxy) is 2. The van der Waals surface area contributed by atoms with Gasteiger partial charge in [-0.25, -0.2) is 0 Å². The third-order valence-electron chi connectivity index (χ3n) is 3.59. The van der Waals surface area contributed by atoms with Crippen LogP contribution in [0.4, 0.5) is 0 Å². The Bertz CT molecular complexity index is 715. The van der Waals surface area contributed by atoms with Gasteiger partial charge in [-0.3, -0.25) is 4.79 Å². The Kier molecular flexibility index (Phi) is 5.66. The molecule has 23 heavy (non-hydrogen) atoms. The molecule has 0 unspecified atom stereocenters. The summed E-state index contributed by atoms with van der Waals surface area (Å²) in [7, 11) is 4.99. The van der Waals surface area contributed by atoms with Crippen molar-refractivity contribution in [1.29, 1.82) is 0 Å². The number of benzene rings is 2. The molecular formula is C18H20BrNO3. The highest BCUT2D eigenvalue weighted by molar-refractivity contribution is 9.10. The van der Waals surface area contributed by atoms with Crippen molar-refractivity contribution >= 4 is 21.8 Å². The van der Waals surface area contributed by atoms with Crippen LogP contribution in [-0.4, -0.2) is 32.1 Å². The maximum Gasteiger partial charge on any atom is 0.255 e. The molecule has 2 aromatic rings. The van der Waals surface area contributed by atoms with Crippen LogP contribution in [0.25, 0.3) is 0 Å². The van der Waals surface area contributed by atoms with E-state index in [-0.39, 0.29) is 5.91 Å². The second-order valence-corrected chi connectivity index (χ2v) is 6.18. The maximum absolute atomic E-state index is 12.7. The average molecular weight is 378 g/mol. The van der Waals surface area contributed by atoms with Crippen LogP contribution in [0.1, 0.15) is 21.5 Å². The molecule has 0 saturated carbocycles. The standard InChI is InChI=1S/C18H20BrNO3/c1-12-5-8-17(23-4)13(9-12)11-20(2)18(21)15-10-14(22-3)6-7-16(15)19/h5-10H,11H2,1-4H3. The molecule has 0 fully saturated rings. The van der Waals surface area contributed by atoms with Crippen molar-refractivity contribution in [1.82, 2.24) is 4.90 Å². The fourth-order valence-electron chi connectivity index (χ4n) is 2.36. The van der Waals surface area contributed by atoms with Crippen LogP contribution in [0.3, 0.4) is 0 Å². The topological polar surface area (TPSA) is 38.8 Å². The summed E-state index contributed by atoms with van der Waals surface area (Å²) < 4.78 is 11.3. The van der Waals surface area contributed by atoms with Gasteiger partial charge in [0.05, 0.1) is 19.8 Å². The van der Waals surface area contributed by atoms with Gasteiger partial charge in [-0.05, 0) is 47.1 Å². The lowest BCUT2D eigenvalue weighted by Gasteiger charge is -2.20. The van der Waals surface area contributed by atoms with Crippen molar-refractivity contribution in [2.24, 2.45) is 0 Å². The summed E-state index contributed by atoms with van der Waals surface area (Å²) in [6.07, 6.45) is 0. The van der Waals surface area contributed by atoms with E-state index < -0.39 is 0 Å². The molecule has 4 nitrogen and oxygen atoms in total. The van der Waals surface area contributed by atoms with Crippen LogP contribution < -0.4 is 9.47 Å². The Balaban J connectivity index is 2.25. The Hall–Kier alpha value is -2.01. The van der Waals surface area contributed by atoms with Crippen molar-refractivity contribution in [2.45, 2.75) is 13.5 Å². The lowest BCUT2D eigenvalue weighted by molar-refractivity contribution is 0.0783. The second-order valence-electron chi connectivity index (χ2n) is 5.32. The first-order valence-electron chi connectivity index (χ1n) is 7.18. The van der Waals surface area contributed by atoms with Crippen molar-refractivity contribution in [3.63, 3.8) is 0 Å². The number of methoxy groups -OCH3 is 2. The number of halogens is 1. The van der Waals surface area contributed by atoms with E-state index in [1.807, 2.05) is 37.3 Å². The summed E-state index contributed by atoms with van der Waals surface area (Å²) in [5, 5.41) is 0. The molecule has 0 aliphatic carbocycles. The van der Waals surface area contributed by atoms with Crippen LogP contribution in [0, 0.1) is 6.92 Å². The van der Waals surface area contributed by atoms with Gasteiger partial charge in [-0.2, -0.15) is 0 Å². The molecule has 5 heteroatoms. The molecule has 0 aliphatic heterocycles. The Labute approximate surface area is 145 Å². The fourth-order valence-corrected chi connectivity index (χ4v) is 2.78. The van der Waals surface area contributed by atoms with Crippen molar-refractivity contribution in [2.75, 3.05) is 21.3 Å². The SMILES string of the molecule is COc1ccc(Br)c(C(=O)N(C)Cc2cc(C)ccc2OC)c1. The lowest BCUT2D eigenvalue weighted by Crippen LogP contribution is -2.26. The summed E-state index contributed by atoms with van der Waals surface area (Å²) in [5.41, 5.74) is 2.67. The number of carbonyl (C=O) groups excluding carboxylic acids is 1. The molecule has 0 spiro atoms. The fraction of sp³-hybridized carbons (Fsp3) is 0.278. The number of amides is 1. The zero-order valence-electron chi connectivity index (χ0n) is 13.7. The van der Waals surface area contributed by atoms with Gasteiger partial charge in [0, 0.05) is 23.6 Å². The largest absolute Gasteiger partial charge is 0.497 e. The number of hydrogen-bond donors (Lipinski definition) is 0. The van der Waals surface area contributed by atoms with E-state index in [4.69, 9.17) is 9.47 Å². The molecule has 1 amide bonds. The van der Waals surface area contributed by atoms with Gasteiger partial charge < -0.3 is 14.4 Å². The lowest BCUT2D eigenvalue weighted by atomic mass is 10.1. The molecule has 2 rings (SSSR count). The van der Waals surface area contributed by atoms with E-state index in [1.165, 1.54) is 0 Å². The van der Waals surface area contributed by atoms with Gasteiger partial charge in [-0.1, -0.05) is 17.7 Å². The normalized spacial score (nSPS) is 10.3. The summed E-state index contributed by atoms with van der Waals surface area (Å²) in [4.78, 5) is 14.4. The first-order valence-corrected chi connectivity index (χ1v) is 7.98. The van der Waals surface area contributed by atoms with Crippen molar-refractivity contribution in [3.05, 3.63) is 57.6 Å². The predicted octanol–water partition coefficient (Wildman–Crippen LogP) is 4.05. The maximum atomic E-state index is 12.7. The van der Waals surface area contributed by atoms with Crippen LogP contribution in [0.5, 0.6) is 11.5 Å². The van der Waals surface area contributed by atoms with Gasteiger partial charge in [0.2, 0.25) is 0 Å². The first kappa shape index (κ1) is 17.3. The summed E-state index contributed by atoms with van der Waals surface area (Å²) in [6, 6.07) is 11.3. The molecule has 0 aromatic heterocycles. The zero-order valence-corrected chi connectivity index (χ0v) is 15.3. The number of rotatable bonds is 5. The molecule has 0 saturated heterocycles. The number of aryl methyl sites for hydroxylation is 1. The molecule has 0 heterocycles. The first-order chi connectivity index (χ1) is 11.0. The van der Waals surface area contributed by atoms with E-state index in [9.17, 15) is 4.79 Å². The molecule has 122 valence electrons. The summed E-state index contributed by atoms with van der Waals surface area (Å²) in [6.45, 7) is 2.48. The third-order valence-corrected chi connectivity index (χ3v) is 4.29. The minimum Gasteiger partial charge on any atom is -0.497 e. The smallest absolute Gasteiger partial charge is 0.255 e. The Morgan fingerprint density at radius 2 is 1.87 bits per heavy atom. The van der Waals surface area contributed by atoms with E-state index >= 15 is 0 Å². The van der Waals surface area contributed by atoms with Crippen LogP contribution in [-0.2, 0) is 6.54 Å². The van der Waals surface area contributed by atoms with E-state index in [0.29, 0.717) is 17.9 Å². The minimum atomic E-state index is -0.0839. The van der Waals surface area contributed by atoms with Gasteiger partial charge in [0.25, 0.3) is 5.91 Å². The molecule has 0 atom stereocenters. The summed E-state index contributed by atoms with van der Waals surface area (Å²) >= 11 is 3.43. The highest BCUT2D eigenvalue weighted by Gasteiger charge is 2.17. The predicted molar refractivity (Wildman–Crippen MR) is 94.2 cm³/mol. The number of carbonyl (C=O) groups is 1. The average Bonchev–Trinajstić information content (AvgIpc) is 2.55. The van der Waals surface area contributed by atoms with Crippen LogP contribution in [0.2, 0.25) is 0 Å². The highest BCUT2D eigenvalue weighted by atomic mass is 79.9. The minimum absolute atomic E-state index is 0.0839. The molecule has 0 N–H and O–H groups in total. The van der Waals surface area contributed by atoms with Crippen molar-refractivity contribution in [3.8, 4) is 11.5 Å². The van der Waals surface area contributed by atoms with Gasteiger partial charge in [0.15, 0.2) is 0 Å². The second kappa shape index (κ2) is 7.51. The molecule has 2 aromatic carbocycles. The summed E-state index contributed by atoms with van der Waals surface area (Å²) in [5.74, 6) is 1.34. The van der Waals surface area contributed by atoms with E-state index in [2.05, 4.69) is 15.9 Å². The number of hydrogen-bond acceptors (Lipinski definition) is 3. The Morgan fingerprint density at radius 1 is 1.13 bits per heavy atom. The third kappa shape index (κ3) is 4.05. The molecular weight excluding hydrogens is 358 g/mol. The van der Waals surface area contributed by atoms with Gasteiger partial charge in [-0.15, -0.1) is 0 Å². The van der Waals surface area contributed by atoms with Crippen LogP contribution >= 0.6 is 15.9 Å². The van der Waals surface area contributed by atoms with Crippen LogP contribution in [0.15, 0.2) is 40.9 Å². The number of nitrogens with zero attached hydrogens (tertiary/aromatic N) is 1. The quantitative estimate of drug-likeness (QED) is 0.788. The Morgan fingerprint density at radius 3 is 2.52 bits per heavy atom. The highest BCUT2D eigenvalue weighted by Crippen LogP contribution is 2.26. The molecule has 0 radical (unpaired) electrons. The molecule has 0 aliphatic rings. The van der Waals surface area contributed by atoms with E-state index in [0.717, 1.165) is 21.3 Å². The van der Waals surface area contributed by atoms with Crippen molar-refractivity contribution < 1.29 is 14.3 Å².